The number of aliphatic hydroxyl groups excluding tert-OH is 1. The van der Waals surface area contributed by atoms with Gasteiger partial charge in [0.1, 0.15) is 10.2 Å². The number of hydrogen-bond donors (Lipinski definition) is 1. The van der Waals surface area contributed by atoms with Crippen LogP contribution in [0.15, 0.2) is 24.3 Å². The van der Waals surface area contributed by atoms with Crippen LogP contribution in [0.4, 0.5) is 0 Å². The molecule has 0 aliphatic rings. The van der Waals surface area contributed by atoms with Crippen molar-refractivity contribution >= 4 is 22.9 Å². The Kier molecular flexibility index (Phi) is 3.59. The molecule has 0 spiro atoms. The summed E-state index contributed by atoms with van der Waals surface area (Å²) in [5, 5.41) is 10.3. The van der Waals surface area contributed by atoms with Gasteiger partial charge < -0.3 is 5.11 Å². The molecule has 0 atom stereocenters. The minimum atomic E-state index is 0.106. The molecule has 0 aliphatic carbocycles. The second-order valence-electron chi connectivity index (χ2n) is 3.52. The molecule has 0 fully saturated rings. The summed E-state index contributed by atoms with van der Waals surface area (Å²) in [5.74, 6) is 0. The summed E-state index contributed by atoms with van der Waals surface area (Å²) in [5.41, 5.74) is 2.29. The van der Waals surface area contributed by atoms with Crippen LogP contribution in [0.5, 0.6) is 0 Å². The third kappa shape index (κ3) is 2.26. The Hall–Kier alpha value is -0.900. The first-order valence-corrected chi connectivity index (χ1v) is 6.24. The maximum absolute atomic E-state index is 8.90. The predicted octanol–water partition coefficient (Wildman–Crippen LogP) is 3.31. The average molecular weight is 254 g/mol. The van der Waals surface area contributed by atoms with Crippen molar-refractivity contribution in [3.05, 3.63) is 39.9 Å². The minimum Gasteiger partial charge on any atom is -0.396 e. The number of aliphatic hydroxyl groups is 1. The summed E-state index contributed by atoms with van der Waals surface area (Å²) < 4.78 is 0. The highest BCUT2D eigenvalue weighted by Crippen LogP contribution is 2.32. The van der Waals surface area contributed by atoms with Crippen LogP contribution in [-0.4, -0.2) is 16.7 Å². The molecular formula is C12H12ClNOS. The molecule has 16 heavy (non-hydrogen) atoms. The normalized spacial score (nSPS) is 10.7. The average Bonchev–Trinajstić information content (AvgIpc) is 2.61. The molecule has 84 valence electrons. The lowest BCUT2D eigenvalue weighted by atomic mass is 10.1. The molecule has 0 amide bonds. The smallest absolute Gasteiger partial charge is 0.143 e. The Balaban J connectivity index is 2.42. The topological polar surface area (TPSA) is 33.1 Å². The molecule has 0 aliphatic heterocycles. The Bertz CT molecular complexity index is 496. The van der Waals surface area contributed by atoms with Gasteiger partial charge in [0.05, 0.1) is 0 Å². The van der Waals surface area contributed by atoms with Gasteiger partial charge in [-0.3, -0.25) is 0 Å². The van der Waals surface area contributed by atoms with E-state index in [4.69, 9.17) is 16.7 Å². The second kappa shape index (κ2) is 4.95. The van der Waals surface area contributed by atoms with E-state index in [1.54, 1.807) is 11.3 Å². The Morgan fingerprint density at radius 2 is 2.12 bits per heavy atom. The molecule has 2 rings (SSSR count). The molecule has 1 heterocycles. The number of aryl methyl sites for hydroxylation is 1. The van der Waals surface area contributed by atoms with Gasteiger partial charge in [0.2, 0.25) is 0 Å². The van der Waals surface area contributed by atoms with Gasteiger partial charge in [0.25, 0.3) is 0 Å². The van der Waals surface area contributed by atoms with E-state index in [0.717, 1.165) is 15.4 Å². The van der Waals surface area contributed by atoms with E-state index in [1.165, 1.54) is 5.56 Å². The molecule has 1 N–H and O–H groups in total. The van der Waals surface area contributed by atoms with Crippen molar-refractivity contribution in [3.8, 4) is 10.6 Å². The number of benzene rings is 1. The molecule has 0 bridgehead atoms. The van der Waals surface area contributed by atoms with Crippen molar-refractivity contribution < 1.29 is 5.11 Å². The molecular weight excluding hydrogens is 242 g/mol. The van der Waals surface area contributed by atoms with Gasteiger partial charge in [-0.15, -0.1) is 11.3 Å². The van der Waals surface area contributed by atoms with Crippen LogP contribution < -0.4 is 0 Å². The quantitative estimate of drug-likeness (QED) is 0.911. The minimum absolute atomic E-state index is 0.106. The highest BCUT2D eigenvalue weighted by molar-refractivity contribution is 7.15. The highest BCUT2D eigenvalue weighted by Gasteiger charge is 2.11. The first-order valence-electron chi connectivity index (χ1n) is 5.04. The van der Waals surface area contributed by atoms with Crippen LogP contribution in [0, 0.1) is 6.92 Å². The van der Waals surface area contributed by atoms with Crippen molar-refractivity contribution in [1.82, 2.24) is 4.98 Å². The lowest BCUT2D eigenvalue weighted by Crippen LogP contribution is -1.86. The van der Waals surface area contributed by atoms with Crippen molar-refractivity contribution in [2.75, 3.05) is 6.61 Å². The summed E-state index contributed by atoms with van der Waals surface area (Å²) in [6, 6.07) is 8.08. The number of halogens is 1. The van der Waals surface area contributed by atoms with Crippen LogP contribution in [0.2, 0.25) is 5.15 Å². The third-order valence-corrected chi connectivity index (χ3v) is 3.94. The maximum Gasteiger partial charge on any atom is 0.143 e. The fourth-order valence-corrected chi connectivity index (χ4v) is 2.89. The Morgan fingerprint density at radius 1 is 1.38 bits per heavy atom. The lowest BCUT2D eigenvalue weighted by molar-refractivity contribution is 0.300. The van der Waals surface area contributed by atoms with E-state index in [9.17, 15) is 0 Å². The Labute approximate surface area is 104 Å². The van der Waals surface area contributed by atoms with E-state index in [-0.39, 0.29) is 6.61 Å². The van der Waals surface area contributed by atoms with Crippen LogP contribution in [0.3, 0.4) is 0 Å². The second-order valence-corrected chi connectivity index (χ2v) is 4.96. The fraction of sp³-hybridized carbons (Fsp3) is 0.250. The summed E-state index contributed by atoms with van der Waals surface area (Å²) in [4.78, 5) is 5.28. The van der Waals surface area contributed by atoms with Crippen molar-refractivity contribution in [2.45, 2.75) is 13.3 Å². The summed E-state index contributed by atoms with van der Waals surface area (Å²) >= 11 is 7.56. The first kappa shape index (κ1) is 11.6. The Morgan fingerprint density at radius 3 is 2.81 bits per heavy atom. The molecule has 2 aromatic rings. The molecule has 0 unspecified atom stereocenters. The van der Waals surface area contributed by atoms with E-state index < -0.39 is 0 Å². The van der Waals surface area contributed by atoms with Crippen molar-refractivity contribution in [1.29, 1.82) is 0 Å². The molecule has 2 nitrogen and oxygen atoms in total. The molecule has 0 radical (unpaired) electrons. The largest absolute Gasteiger partial charge is 0.396 e. The maximum atomic E-state index is 8.90. The van der Waals surface area contributed by atoms with Crippen molar-refractivity contribution in [3.63, 3.8) is 0 Å². The van der Waals surface area contributed by atoms with Crippen LogP contribution in [-0.2, 0) is 6.42 Å². The zero-order chi connectivity index (χ0) is 11.5. The predicted molar refractivity (Wildman–Crippen MR) is 68.1 cm³/mol. The molecule has 0 saturated carbocycles. The van der Waals surface area contributed by atoms with E-state index in [1.807, 2.05) is 18.2 Å². The van der Waals surface area contributed by atoms with Crippen LogP contribution in [0.25, 0.3) is 10.6 Å². The van der Waals surface area contributed by atoms with Crippen LogP contribution >= 0.6 is 22.9 Å². The van der Waals surface area contributed by atoms with Gasteiger partial charge in [-0.1, -0.05) is 35.9 Å². The highest BCUT2D eigenvalue weighted by atomic mass is 35.5. The van der Waals surface area contributed by atoms with Crippen molar-refractivity contribution in [2.24, 2.45) is 0 Å². The SMILES string of the molecule is Cc1ccccc1-c1nc(Cl)c(CCO)s1. The molecule has 4 heteroatoms. The van der Waals surface area contributed by atoms with Gasteiger partial charge in [-0.25, -0.2) is 4.98 Å². The summed E-state index contributed by atoms with van der Waals surface area (Å²) in [6.45, 7) is 2.16. The summed E-state index contributed by atoms with van der Waals surface area (Å²) in [6.07, 6.45) is 0.572. The standard InChI is InChI=1S/C12H12ClNOS/c1-8-4-2-3-5-9(8)12-14-11(13)10(16-12)6-7-15/h2-5,15H,6-7H2,1H3. The van der Waals surface area contributed by atoms with Gasteiger partial charge in [0, 0.05) is 23.5 Å². The van der Waals surface area contributed by atoms with E-state index in [0.29, 0.717) is 11.6 Å². The number of aromatic nitrogens is 1. The zero-order valence-corrected chi connectivity index (χ0v) is 10.5. The van der Waals surface area contributed by atoms with Gasteiger partial charge >= 0.3 is 0 Å². The van der Waals surface area contributed by atoms with Crippen LogP contribution in [0.1, 0.15) is 10.4 Å². The first-order chi connectivity index (χ1) is 7.72. The van der Waals surface area contributed by atoms with Gasteiger partial charge in [-0.2, -0.15) is 0 Å². The number of rotatable bonds is 3. The van der Waals surface area contributed by atoms with E-state index in [2.05, 4.69) is 18.0 Å². The van der Waals surface area contributed by atoms with E-state index >= 15 is 0 Å². The molecule has 0 saturated heterocycles. The third-order valence-electron chi connectivity index (χ3n) is 2.36. The monoisotopic (exact) mass is 253 g/mol. The zero-order valence-electron chi connectivity index (χ0n) is 8.90. The number of hydrogen-bond acceptors (Lipinski definition) is 3. The summed E-state index contributed by atoms with van der Waals surface area (Å²) in [7, 11) is 0. The fourth-order valence-electron chi connectivity index (χ4n) is 1.52. The lowest BCUT2D eigenvalue weighted by Gasteiger charge is -1.99. The number of thiazole rings is 1. The van der Waals surface area contributed by atoms with Gasteiger partial charge in [0.15, 0.2) is 0 Å². The van der Waals surface area contributed by atoms with Gasteiger partial charge in [-0.05, 0) is 12.5 Å². The number of nitrogens with zero attached hydrogens (tertiary/aromatic N) is 1. The molecule has 1 aromatic carbocycles. The molecule has 1 aromatic heterocycles.